The van der Waals surface area contributed by atoms with Gasteiger partial charge in [0.25, 0.3) is 0 Å². The van der Waals surface area contributed by atoms with E-state index >= 15 is 0 Å². The van der Waals surface area contributed by atoms with Crippen LogP contribution < -0.4 is 4.74 Å². The van der Waals surface area contributed by atoms with Crippen molar-refractivity contribution in [2.75, 3.05) is 6.61 Å². The lowest BCUT2D eigenvalue weighted by atomic mass is 10.1. The highest BCUT2D eigenvalue weighted by atomic mass is 32.1. The summed E-state index contributed by atoms with van der Waals surface area (Å²) in [5.41, 5.74) is 4.66. The topological polar surface area (TPSA) is 47.9 Å². The Kier molecular flexibility index (Phi) is 11.0. The van der Waals surface area contributed by atoms with Crippen molar-refractivity contribution in [2.45, 2.75) is 111 Å². The number of thiophene rings is 1. The third-order valence-electron chi connectivity index (χ3n) is 8.09. The Morgan fingerprint density at radius 1 is 0.865 bits per heavy atom. The van der Waals surface area contributed by atoms with E-state index in [1.165, 1.54) is 16.7 Å². The van der Waals surface area contributed by atoms with Crippen molar-refractivity contribution in [2.24, 2.45) is 0 Å². The zero-order chi connectivity index (χ0) is 28.1. The van der Waals surface area contributed by atoms with Gasteiger partial charge in [0.15, 0.2) is 16.6 Å². The lowest BCUT2D eigenvalue weighted by molar-refractivity contribution is 0.255. The van der Waals surface area contributed by atoms with Crippen LogP contribution in [0.25, 0.3) is 5.57 Å². The number of aliphatic hydroxyl groups excluding tert-OH is 1. The first-order valence-electron chi connectivity index (χ1n) is 13.4. The summed E-state index contributed by atoms with van der Waals surface area (Å²) < 4.78 is 19.4. The zero-order valence-corrected chi connectivity index (χ0v) is 27.9. The van der Waals surface area contributed by atoms with E-state index in [2.05, 4.69) is 104 Å². The number of aliphatic hydroxyl groups is 1. The van der Waals surface area contributed by atoms with Crippen LogP contribution in [0.15, 0.2) is 35.7 Å². The number of hydrogen-bond acceptors (Lipinski definition) is 5. The molecule has 1 heterocycles. The van der Waals surface area contributed by atoms with Gasteiger partial charge in [-0.2, -0.15) is 0 Å². The van der Waals surface area contributed by atoms with Crippen molar-refractivity contribution in [1.29, 1.82) is 0 Å². The van der Waals surface area contributed by atoms with Crippen LogP contribution >= 0.6 is 11.3 Å². The standard InChI is InChI=1S/C30H50O4SSi2/c1-12-23(15-16-31)26-18-28(35-22-26)21-32-27-14-13-24(19-33-36(8,9)29(2,3)4)25(17-27)20-34-37(10,11)30(5,6)7/h13-15,17-18,22,31H,12,16,19-21H2,1-11H3/b23-15-. The molecule has 208 valence electrons. The fourth-order valence-corrected chi connectivity index (χ4v) is 5.99. The first-order valence-corrected chi connectivity index (χ1v) is 20.1. The highest BCUT2D eigenvalue weighted by Gasteiger charge is 2.38. The molecule has 4 nitrogen and oxygen atoms in total. The Labute approximate surface area is 232 Å². The van der Waals surface area contributed by atoms with E-state index in [4.69, 9.17) is 13.6 Å². The van der Waals surface area contributed by atoms with Crippen molar-refractivity contribution in [3.8, 4) is 5.75 Å². The van der Waals surface area contributed by atoms with Gasteiger partial charge >= 0.3 is 0 Å². The molecule has 0 unspecified atom stereocenters. The predicted molar refractivity (Wildman–Crippen MR) is 164 cm³/mol. The first kappa shape index (κ1) is 32.0. The van der Waals surface area contributed by atoms with E-state index in [0.29, 0.717) is 19.8 Å². The van der Waals surface area contributed by atoms with Crippen LogP contribution in [-0.4, -0.2) is 28.3 Å². The molecule has 0 amide bonds. The van der Waals surface area contributed by atoms with Gasteiger partial charge in [-0.3, -0.25) is 0 Å². The molecule has 1 N–H and O–H groups in total. The highest BCUT2D eigenvalue weighted by Crippen LogP contribution is 2.39. The molecule has 0 bridgehead atoms. The molecule has 0 fully saturated rings. The van der Waals surface area contributed by atoms with Crippen LogP contribution in [0, 0.1) is 0 Å². The molecule has 1 aromatic carbocycles. The molecule has 0 aliphatic carbocycles. The van der Waals surface area contributed by atoms with Crippen LogP contribution in [0.2, 0.25) is 36.3 Å². The number of benzene rings is 1. The number of rotatable bonds is 12. The largest absolute Gasteiger partial charge is 0.488 e. The van der Waals surface area contributed by atoms with Gasteiger partial charge in [0.05, 0.1) is 19.8 Å². The molecule has 1 aromatic heterocycles. The van der Waals surface area contributed by atoms with Crippen molar-refractivity contribution in [3.63, 3.8) is 0 Å². The summed E-state index contributed by atoms with van der Waals surface area (Å²) >= 11 is 1.69. The summed E-state index contributed by atoms with van der Waals surface area (Å²) in [5, 5.41) is 11.7. The SMILES string of the molecule is CC/C(=C/CO)c1csc(COc2ccc(CO[Si](C)(C)C(C)(C)C)c(CO[Si](C)(C)C(C)(C)C)c2)c1. The normalized spacial score (nSPS) is 13.8. The van der Waals surface area contributed by atoms with E-state index in [1.807, 2.05) is 6.08 Å². The molecule has 0 radical (unpaired) electrons. The molecular formula is C30H50O4SSi2. The van der Waals surface area contributed by atoms with E-state index in [-0.39, 0.29) is 16.7 Å². The molecule has 0 aliphatic heterocycles. The molecule has 0 spiro atoms. The van der Waals surface area contributed by atoms with Crippen molar-refractivity contribution in [3.05, 3.63) is 57.3 Å². The fourth-order valence-electron chi connectivity index (χ4n) is 3.27. The Bertz CT molecular complexity index is 1040. The van der Waals surface area contributed by atoms with Gasteiger partial charge in [0.2, 0.25) is 0 Å². The van der Waals surface area contributed by atoms with Gasteiger partial charge in [0, 0.05) is 4.88 Å². The first-order chi connectivity index (χ1) is 17.0. The van der Waals surface area contributed by atoms with E-state index in [1.54, 1.807) is 11.3 Å². The summed E-state index contributed by atoms with van der Waals surface area (Å²) in [6, 6.07) is 8.50. The van der Waals surface area contributed by atoms with Gasteiger partial charge in [-0.25, -0.2) is 0 Å². The molecule has 0 saturated carbocycles. The fraction of sp³-hybridized carbons (Fsp3) is 0.600. The van der Waals surface area contributed by atoms with Crippen LogP contribution in [-0.2, 0) is 28.7 Å². The molecule has 0 aliphatic rings. The average molecular weight is 563 g/mol. The molecule has 37 heavy (non-hydrogen) atoms. The quantitative estimate of drug-likeness (QED) is 0.262. The summed E-state index contributed by atoms with van der Waals surface area (Å²) in [6.07, 6.45) is 2.78. The second-order valence-electron chi connectivity index (χ2n) is 12.9. The Hall–Kier alpha value is -1.23. The van der Waals surface area contributed by atoms with Gasteiger partial charge in [0.1, 0.15) is 12.4 Å². The van der Waals surface area contributed by atoms with Crippen LogP contribution in [0.1, 0.15) is 76.5 Å². The van der Waals surface area contributed by atoms with Crippen molar-refractivity contribution in [1.82, 2.24) is 0 Å². The van der Waals surface area contributed by atoms with E-state index in [9.17, 15) is 5.11 Å². The van der Waals surface area contributed by atoms with Crippen LogP contribution in [0.4, 0.5) is 0 Å². The Balaban J connectivity index is 2.23. The van der Waals surface area contributed by atoms with Crippen molar-refractivity contribution >= 4 is 33.5 Å². The molecular weight excluding hydrogens is 513 g/mol. The highest BCUT2D eigenvalue weighted by molar-refractivity contribution is 7.10. The smallest absolute Gasteiger partial charge is 0.192 e. The minimum Gasteiger partial charge on any atom is -0.488 e. The van der Waals surface area contributed by atoms with Gasteiger partial charge in [-0.05, 0) is 88.5 Å². The third kappa shape index (κ3) is 8.90. The van der Waals surface area contributed by atoms with E-state index in [0.717, 1.165) is 22.6 Å². The van der Waals surface area contributed by atoms with Gasteiger partial charge in [-0.1, -0.05) is 60.6 Å². The average Bonchev–Trinajstić information content (AvgIpc) is 3.26. The van der Waals surface area contributed by atoms with E-state index < -0.39 is 16.6 Å². The molecule has 0 saturated heterocycles. The molecule has 2 rings (SSSR count). The number of allylic oxidation sites excluding steroid dienone is 1. The Morgan fingerprint density at radius 3 is 1.95 bits per heavy atom. The maximum atomic E-state index is 9.28. The van der Waals surface area contributed by atoms with Crippen molar-refractivity contribution < 1.29 is 18.7 Å². The molecule has 7 heteroatoms. The number of hydrogen-bond donors (Lipinski definition) is 1. The summed E-state index contributed by atoms with van der Waals surface area (Å²) in [5.74, 6) is 0.849. The lowest BCUT2D eigenvalue weighted by Crippen LogP contribution is -2.41. The lowest BCUT2D eigenvalue weighted by Gasteiger charge is -2.37. The van der Waals surface area contributed by atoms with Crippen LogP contribution in [0.5, 0.6) is 5.75 Å². The van der Waals surface area contributed by atoms with Gasteiger partial charge < -0.3 is 18.7 Å². The minimum absolute atomic E-state index is 0.0655. The Morgan fingerprint density at radius 2 is 1.43 bits per heavy atom. The maximum absolute atomic E-state index is 9.28. The minimum atomic E-state index is -1.90. The maximum Gasteiger partial charge on any atom is 0.192 e. The summed E-state index contributed by atoms with van der Waals surface area (Å²) in [4.78, 5) is 1.16. The summed E-state index contributed by atoms with van der Waals surface area (Å²) in [6.45, 7) is 26.7. The second-order valence-corrected chi connectivity index (χ2v) is 23.5. The third-order valence-corrected chi connectivity index (χ3v) is 18.0. The number of ether oxygens (including phenoxy) is 1. The molecule has 0 atom stereocenters. The zero-order valence-electron chi connectivity index (χ0n) is 25.1. The monoisotopic (exact) mass is 562 g/mol. The molecule has 2 aromatic rings. The van der Waals surface area contributed by atoms with Gasteiger partial charge in [-0.15, -0.1) is 11.3 Å². The van der Waals surface area contributed by atoms with Crippen LogP contribution in [0.3, 0.4) is 0 Å². The second kappa shape index (κ2) is 12.8. The predicted octanol–water partition coefficient (Wildman–Crippen LogP) is 9.16. The summed E-state index contributed by atoms with van der Waals surface area (Å²) in [7, 11) is -3.77.